The van der Waals surface area contributed by atoms with Crippen LogP contribution in [0.1, 0.15) is 26.3 Å². The molecule has 0 saturated heterocycles. The quantitative estimate of drug-likeness (QED) is 0.377. The fraction of sp³-hybridized carbons (Fsp3) is 0.500. The largest absolute Gasteiger partial charge is 0.445 e. The van der Waals surface area contributed by atoms with Gasteiger partial charge in [0.1, 0.15) is 12.6 Å². The molecule has 1 atom stereocenters. The average Bonchev–Trinajstić information content (AvgIpc) is 2.63. The first-order valence-electron chi connectivity index (χ1n) is 8.73. The monoisotopic (exact) mass is 380 g/mol. The predicted molar refractivity (Wildman–Crippen MR) is 101 cm³/mol. The van der Waals surface area contributed by atoms with E-state index in [2.05, 4.69) is 21.3 Å². The minimum atomic E-state index is -0.731. The zero-order valence-electron chi connectivity index (χ0n) is 15.9. The lowest BCUT2D eigenvalue weighted by Crippen LogP contribution is -2.45. The summed E-state index contributed by atoms with van der Waals surface area (Å²) in [6.07, 6.45) is -0.471. The number of nitrogens with one attached hydrogen (secondary N) is 4. The first kappa shape index (κ1) is 22.4. The van der Waals surface area contributed by atoms with Gasteiger partial charge in [0.2, 0.25) is 11.8 Å². The highest BCUT2D eigenvalue weighted by molar-refractivity contribution is 5.97. The van der Waals surface area contributed by atoms with E-state index >= 15 is 0 Å². The second kappa shape index (κ2) is 11.9. The molecule has 0 fully saturated rings. The van der Waals surface area contributed by atoms with E-state index in [4.69, 9.17) is 9.84 Å². The molecule has 0 spiro atoms. The standard InChI is InChI=1S/C18H28N4O5/c1-12(2)8-20-18(26)27-10-14-4-6-15(7-5-14)22-17(25)13(3)21-16(24)9-19-11-23/h4-7,12-13,19,23H,8-11H2,1-3H3,(H,20,26)(H,21,24)(H,22,25). The molecular formula is C18H28N4O5. The van der Waals surface area contributed by atoms with Crippen LogP contribution in [0.5, 0.6) is 0 Å². The van der Waals surface area contributed by atoms with Gasteiger partial charge >= 0.3 is 6.09 Å². The number of carbonyl (C=O) groups excluding carboxylic acids is 3. The van der Waals surface area contributed by atoms with Gasteiger partial charge in [0.25, 0.3) is 0 Å². The molecule has 1 aromatic carbocycles. The zero-order valence-corrected chi connectivity index (χ0v) is 15.9. The third-order valence-corrected chi connectivity index (χ3v) is 3.41. The molecule has 0 saturated carbocycles. The molecule has 9 nitrogen and oxygen atoms in total. The van der Waals surface area contributed by atoms with Crippen molar-refractivity contribution in [2.75, 3.05) is 25.1 Å². The van der Waals surface area contributed by atoms with Crippen LogP contribution in [0.25, 0.3) is 0 Å². The highest BCUT2D eigenvalue weighted by atomic mass is 16.5. The lowest BCUT2D eigenvalue weighted by atomic mass is 10.2. The topological polar surface area (TPSA) is 129 Å². The van der Waals surface area contributed by atoms with Gasteiger partial charge < -0.3 is 25.8 Å². The number of aliphatic hydroxyl groups is 1. The summed E-state index contributed by atoms with van der Waals surface area (Å²) in [6, 6.07) is 6.11. The Kier molecular flexibility index (Phi) is 9.84. The second-order valence-corrected chi connectivity index (χ2v) is 6.41. The van der Waals surface area contributed by atoms with Crippen molar-refractivity contribution in [3.05, 3.63) is 29.8 Å². The van der Waals surface area contributed by atoms with Crippen molar-refractivity contribution in [1.29, 1.82) is 0 Å². The van der Waals surface area contributed by atoms with Crippen LogP contribution >= 0.6 is 0 Å². The summed E-state index contributed by atoms with van der Waals surface area (Å²) in [5, 5.41) is 18.9. The summed E-state index contributed by atoms with van der Waals surface area (Å²) in [6.45, 7) is 5.83. The Bertz CT molecular complexity index is 619. The van der Waals surface area contributed by atoms with E-state index in [0.717, 1.165) is 5.56 Å². The number of anilines is 1. The van der Waals surface area contributed by atoms with Crippen LogP contribution in [0.15, 0.2) is 24.3 Å². The van der Waals surface area contributed by atoms with Crippen molar-refractivity contribution in [2.24, 2.45) is 5.92 Å². The van der Waals surface area contributed by atoms with E-state index in [9.17, 15) is 14.4 Å². The molecule has 0 radical (unpaired) electrons. The number of carbonyl (C=O) groups is 3. The highest BCUT2D eigenvalue weighted by Gasteiger charge is 2.15. The lowest BCUT2D eigenvalue weighted by Gasteiger charge is -2.14. The van der Waals surface area contributed by atoms with Crippen LogP contribution in [0.3, 0.4) is 0 Å². The number of benzene rings is 1. The second-order valence-electron chi connectivity index (χ2n) is 6.41. The van der Waals surface area contributed by atoms with Gasteiger partial charge in [-0.1, -0.05) is 26.0 Å². The SMILES string of the molecule is CC(C)CNC(=O)OCc1ccc(NC(=O)C(C)NC(=O)CNCO)cc1. The Morgan fingerprint density at radius 3 is 2.37 bits per heavy atom. The van der Waals surface area contributed by atoms with E-state index in [1.807, 2.05) is 13.8 Å². The molecule has 27 heavy (non-hydrogen) atoms. The van der Waals surface area contributed by atoms with Crippen LogP contribution in [-0.2, 0) is 20.9 Å². The number of hydrogen-bond donors (Lipinski definition) is 5. The molecule has 150 valence electrons. The van der Waals surface area contributed by atoms with Crippen molar-refractivity contribution < 1.29 is 24.2 Å². The van der Waals surface area contributed by atoms with Gasteiger partial charge in [-0.2, -0.15) is 0 Å². The van der Waals surface area contributed by atoms with E-state index < -0.39 is 18.0 Å². The van der Waals surface area contributed by atoms with Crippen molar-refractivity contribution in [3.8, 4) is 0 Å². The molecule has 0 heterocycles. The number of ether oxygens (including phenoxy) is 1. The highest BCUT2D eigenvalue weighted by Crippen LogP contribution is 2.11. The molecule has 1 rings (SSSR count). The predicted octanol–water partition coefficient (Wildman–Crippen LogP) is 0.551. The van der Waals surface area contributed by atoms with Crippen molar-refractivity contribution in [2.45, 2.75) is 33.4 Å². The minimum absolute atomic E-state index is 0.0758. The summed E-state index contributed by atoms with van der Waals surface area (Å²) in [7, 11) is 0. The lowest BCUT2D eigenvalue weighted by molar-refractivity contribution is -0.125. The summed E-state index contributed by atoms with van der Waals surface area (Å²) < 4.78 is 5.11. The van der Waals surface area contributed by atoms with Crippen LogP contribution in [0.2, 0.25) is 0 Å². The van der Waals surface area contributed by atoms with Gasteiger partial charge in [-0.3, -0.25) is 14.9 Å². The molecule has 9 heteroatoms. The molecule has 0 aliphatic carbocycles. The molecule has 0 bridgehead atoms. The first-order chi connectivity index (χ1) is 12.8. The smallest absolute Gasteiger partial charge is 0.407 e. The van der Waals surface area contributed by atoms with Crippen LogP contribution in [-0.4, -0.2) is 48.9 Å². The normalized spacial score (nSPS) is 11.6. The Balaban J connectivity index is 2.41. The minimum Gasteiger partial charge on any atom is -0.445 e. The maximum absolute atomic E-state index is 12.1. The summed E-state index contributed by atoms with van der Waals surface area (Å²) in [4.78, 5) is 35.1. The van der Waals surface area contributed by atoms with E-state index in [-0.39, 0.29) is 25.8 Å². The molecule has 0 aromatic heterocycles. The molecule has 1 aromatic rings. The molecule has 1 unspecified atom stereocenters. The zero-order chi connectivity index (χ0) is 20.2. The fourth-order valence-corrected chi connectivity index (χ4v) is 1.95. The van der Waals surface area contributed by atoms with Crippen LogP contribution < -0.4 is 21.3 Å². The van der Waals surface area contributed by atoms with Gasteiger partial charge in [0.05, 0.1) is 13.3 Å². The average molecular weight is 380 g/mol. The van der Waals surface area contributed by atoms with Crippen molar-refractivity contribution in [1.82, 2.24) is 16.0 Å². The Labute approximate surface area is 158 Å². The summed E-state index contributed by atoms with van der Waals surface area (Å²) in [5.74, 6) is -0.419. The van der Waals surface area contributed by atoms with E-state index in [1.165, 1.54) is 0 Å². The molecule has 3 amide bonds. The van der Waals surface area contributed by atoms with Crippen LogP contribution in [0, 0.1) is 5.92 Å². The van der Waals surface area contributed by atoms with Crippen molar-refractivity contribution >= 4 is 23.6 Å². The maximum Gasteiger partial charge on any atom is 0.407 e. The first-order valence-corrected chi connectivity index (χ1v) is 8.73. The van der Waals surface area contributed by atoms with Gasteiger partial charge in [0.15, 0.2) is 0 Å². The number of rotatable bonds is 10. The summed E-state index contributed by atoms with van der Waals surface area (Å²) >= 11 is 0. The molecule has 5 N–H and O–H groups in total. The fourth-order valence-electron chi connectivity index (χ4n) is 1.95. The number of hydrogen-bond acceptors (Lipinski definition) is 6. The number of alkyl carbamates (subject to hydrolysis) is 1. The van der Waals surface area contributed by atoms with Gasteiger partial charge in [0, 0.05) is 12.2 Å². The van der Waals surface area contributed by atoms with E-state index in [1.54, 1.807) is 31.2 Å². The third kappa shape index (κ3) is 9.57. The molecule has 0 aliphatic rings. The maximum atomic E-state index is 12.1. The number of amides is 3. The summed E-state index contributed by atoms with van der Waals surface area (Å²) in [5.41, 5.74) is 1.34. The third-order valence-electron chi connectivity index (χ3n) is 3.41. The Morgan fingerprint density at radius 1 is 1.11 bits per heavy atom. The van der Waals surface area contributed by atoms with Crippen molar-refractivity contribution in [3.63, 3.8) is 0 Å². The molecular weight excluding hydrogens is 352 g/mol. The Morgan fingerprint density at radius 2 is 1.78 bits per heavy atom. The van der Waals surface area contributed by atoms with Gasteiger partial charge in [-0.15, -0.1) is 0 Å². The van der Waals surface area contributed by atoms with Gasteiger partial charge in [-0.25, -0.2) is 4.79 Å². The molecule has 0 aliphatic heterocycles. The number of aliphatic hydroxyl groups excluding tert-OH is 1. The van der Waals surface area contributed by atoms with E-state index in [0.29, 0.717) is 18.2 Å². The van der Waals surface area contributed by atoms with Gasteiger partial charge in [-0.05, 0) is 30.5 Å². The Hall–Kier alpha value is -2.65. The van der Waals surface area contributed by atoms with Crippen LogP contribution in [0.4, 0.5) is 10.5 Å².